The average molecular weight is 192 g/mol. The van der Waals surface area contributed by atoms with E-state index >= 15 is 0 Å². The Morgan fingerprint density at radius 2 is 2.36 bits per heavy atom. The number of anilines is 1. The summed E-state index contributed by atoms with van der Waals surface area (Å²) in [6.45, 7) is 0.983. The third kappa shape index (κ3) is 1.68. The smallest absolute Gasteiger partial charge is 0.120 e. The standard InChI is InChI=1S/C11H16N2O/c1-12-9-5-8-3-4-10(14-2)6-11(8)13-7-9/h3-4,6,9,12-13H,5,7H2,1-2H3. The van der Waals surface area contributed by atoms with E-state index in [2.05, 4.69) is 22.8 Å². The van der Waals surface area contributed by atoms with Gasteiger partial charge >= 0.3 is 0 Å². The fourth-order valence-corrected chi connectivity index (χ4v) is 1.80. The summed E-state index contributed by atoms with van der Waals surface area (Å²) in [4.78, 5) is 0. The van der Waals surface area contributed by atoms with E-state index in [1.807, 2.05) is 13.1 Å². The van der Waals surface area contributed by atoms with E-state index in [-0.39, 0.29) is 0 Å². The van der Waals surface area contributed by atoms with Crippen LogP contribution in [0.15, 0.2) is 18.2 Å². The summed E-state index contributed by atoms with van der Waals surface area (Å²) in [6, 6.07) is 6.74. The molecule has 0 radical (unpaired) electrons. The second-order valence-electron chi connectivity index (χ2n) is 3.59. The molecule has 1 atom stereocenters. The van der Waals surface area contributed by atoms with Crippen LogP contribution in [0.3, 0.4) is 0 Å². The van der Waals surface area contributed by atoms with Gasteiger partial charge in [-0.05, 0) is 25.1 Å². The van der Waals surface area contributed by atoms with E-state index in [0.29, 0.717) is 6.04 Å². The number of rotatable bonds is 2. The summed E-state index contributed by atoms with van der Waals surface area (Å²) < 4.78 is 5.18. The number of likely N-dealkylation sites (N-methyl/N-ethyl adjacent to an activating group) is 1. The summed E-state index contributed by atoms with van der Waals surface area (Å²) in [5.41, 5.74) is 2.56. The van der Waals surface area contributed by atoms with Gasteiger partial charge in [0.05, 0.1) is 7.11 Å². The highest BCUT2D eigenvalue weighted by Crippen LogP contribution is 2.26. The molecule has 14 heavy (non-hydrogen) atoms. The van der Waals surface area contributed by atoms with Crippen LogP contribution in [0.1, 0.15) is 5.56 Å². The average Bonchev–Trinajstić information content (AvgIpc) is 2.27. The van der Waals surface area contributed by atoms with E-state index in [1.54, 1.807) is 7.11 Å². The number of benzene rings is 1. The first-order valence-electron chi connectivity index (χ1n) is 4.91. The fourth-order valence-electron chi connectivity index (χ4n) is 1.80. The van der Waals surface area contributed by atoms with E-state index in [1.165, 1.54) is 11.3 Å². The van der Waals surface area contributed by atoms with Gasteiger partial charge in [-0.2, -0.15) is 0 Å². The molecular formula is C11H16N2O. The minimum atomic E-state index is 0.538. The largest absolute Gasteiger partial charge is 0.497 e. The normalized spacial score (nSPS) is 19.7. The second kappa shape index (κ2) is 3.88. The van der Waals surface area contributed by atoms with Gasteiger partial charge in [-0.15, -0.1) is 0 Å². The SMILES string of the molecule is CNC1CNc2cc(OC)ccc2C1. The zero-order chi connectivity index (χ0) is 9.97. The van der Waals surface area contributed by atoms with Crippen molar-refractivity contribution in [2.45, 2.75) is 12.5 Å². The molecule has 0 aliphatic carbocycles. The second-order valence-corrected chi connectivity index (χ2v) is 3.59. The van der Waals surface area contributed by atoms with Crippen molar-refractivity contribution >= 4 is 5.69 Å². The lowest BCUT2D eigenvalue weighted by Gasteiger charge is -2.26. The van der Waals surface area contributed by atoms with Crippen LogP contribution in [0.5, 0.6) is 5.75 Å². The molecule has 1 aromatic carbocycles. The van der Waals surface area contributed by atoms with Gasteiger partial charge in [0.2, 0.25) is 0 Å². The topological polar surface area (TPSA) is 33.3 Å². The Morgan fingerprint density at radius 3 is 3.07 bits per heavy atom. The van der Waals surface area contributed by atoms with Crippen molar-refractivity contribution in [2.24, 2.45) is 0 Å². The first-order chi connectivity index (χ1) is 6.83. The van der Waals surface area contributed by atoms with Gasteiger partial charge in [-0.3, -0.25) is 0 Å². The van der Waals surface area contributed by atoms with Gasteiger partial charge in [0.25, 0.3) is 0 Å². The van der Waals surface area contributed by atoms with Gasteiger partial charge in [0.15, 0.2) is 0 Å². The van der Waals surface area contributed by atoms with Crippen LogP contribution in [0.25, 0.3) is 0 Å². The monoisotopic (exact) mass is 192 g/mol. The van der Waals surface area contributed by atoms with Crippen LogP contribution >= 0.6 is 0 Å². The highest BCUT2D eigenvalue weighted by atomic mass is 16.5. The first kappa shape index (κ1) is 9.34. The number of fused-ring (bicyclic) bond motifs is 1. The minimum absolute atomic E-state index is 0.538. The molecule has 3 heteroatoms. The van der Waals surface area contributed by atoms with Crippen molar-refractivity contribution in [3.05, 3.63) is 23.8 Å². The summed E-state index contributed by atoms with van der Waals surface area (Å²) in [6.07, 6.45) is 1.09. The molecular weight excluding hydrogens is 176 g/mol. The molecule has 0 aromatic heterocycles. The highest BCUT2D eigenvalue weighted by Gasteiger charge is 2.16. The third-order valence-electron chi connectivity index (χ3n) is 2.73. The fraction of sp³-hybridized carbons (Fsp3) is 0.455. The Labute approximate surface area is 84.5 Å². The molecule has 3 nitrogen and oxygen atoms in total. The van der Waals surface area contributed by atoms with Crippen LogP contribution < -0.4 is 15.4 Å². The number of hydrogen-bond acceptors (Lipinski definition) is 3. The Morgan fingerprint density at radius 1 is 1.50 bits per heavy atom. The predicted octanol–water partition coefficient (Wildman–Crippen LogP) is 1.25. The molecule has 1 aromatic rings. The number of nitrogens with one attached hydrogen (secondary N) is 2. The maximum atomic E-state index is 5.18. The molecule has 0 fully saturated rings. The summed E-state index contributed by atoms with van der Waals surface area (Å²) >= 11 is 0. The zero-order valence-corrected chi connectivity index (χ0v) is 8.63. The molecule has 1 heterocycles. The summed E-state index contributed by atoms with van der Waals surface area (Å²) in [7, 11) is 3.70. The predicted molar refractivity (Wildman–Crippen MR) is 58.0 cm³/mol. The Balaban J connectivity index is 2.23. The van der Waals surface area contributed by atoms with Crippen molar-refractivity contribution in [3.8, 4) is 5.75 Å². The quantitative estimate of drug-likeness (QED) is 0.740. The molecule has 0 spiro atoms. The van der Waals surface area contributed by atoms with Crippen molar-refractivity contribution < 1.29 is 4.74 Å². The van der Waals surface area contributed by atoms with E-state index in [0.717, 1.165) is 18.7 Å². The first-order valence-corrected chi connectivity index (χ1v) is 4.91. The van der Waals surface area contributed by atoms with Crippen molar-refractivity contribution in [1.29, 1.82) is 0 Å². The van der Waals surface area contributed by atoms with Crippen LogP contribution in [-0.2, 0) is 6.42 Å². The van der Waals surface area contributed by atoms with Crippen molar-refractivity contribution in [1.82, 2.24) is 5.32 Å². The Bertz CT molecular complexity index is 325. The Kier molecular flexibility index (Phi) is 2.59. The molecule has 0 amide bonds. The third-order valence-corrected chi connectivity index (χ3v) is 2.73. The highest BCUT2D eigenvalue weighted by molar-refractivity contribution is 5.57. The van der Waals surface area contributed by atoms with Gasteiger partial charge < -0.3 is 15.4 Å². The van der Waals surface area contributed by atoms with Crippen LogP contribution in [0, 0.1) is 0 Å². The molecule has 2 rings (SSSR count). The van der Waals surface area contributed by atoms with Gasteiger partial charge in [0.1, 0.15) is 5.75 Å². The van der Waals surface area contributed by atoms with Crippen LogP contribution in [0.2, 0.25) is 0 Å². The maximum absolute atomic E-state index is 5.18. The van der Waals surface area contributed by atoms with Gasteiger partial charge in [-0.1, -0.05) is 6.07 Å². The number of hydrogen-bond donors (Lipinski definition) is 2. The van der Waals surface area contributed by atoms with Crippen LogP contribution in [0.4, 0.5) is 5.69 Å². The molecule has 1 aliphatic heterocycles. The van der Waals surface area contributed by atoms with E-state index < -0.39 is 0 Å². The van der Waals surface area contributed by atoms with Gasteiger partial charge in [-0.25, -0.2) is 0 Å². The van der Waals surface area contributed by atoms with E-state index in [9.17, 15) is 0 Å². The molecule has 76 valence electrons. The van der Waals surface area contributed by atoms with Crippen molar-refractivity contribution in [2.75, 3.05) is 26.0 Å². The molecule has 0 bridgehead atoms. The lowest BCUT2D eigenvalue weighted by Crippen LogP contribution is -2.38. The summed E-state index contributed by atoms with van der Waals surface area (Å²) in [5.74, 6) is 0.916. The lowest BCUT2D eigenvalue weighted by molar-refractivity contribution is 0.414. The zero-order valence-electron chi connectivity index (χ0n) is 8.63. The number of ether oxygens (including phenoxy) is 1. The molecule has 1 aliphatic rings. The number of methoxy groups -OCH3 is 1. The van der Waals surface area contributed by atoms with Gasteiger partial charge in [0, 0.05) is 24.3 Å². The molecule has 0 saturated heterocycles. The molecule has 0 saturated carbocycles. The maximum Gasteiger partial charge on any atom is 0.120 e. The Hall–Kier alpha value is -1.22. The minimum Gasteiger partial charge on any atom is -0.497 e. The molecule has 2 N–H and O–H groups in total. The molecule has 1 unspecified atom stereocenters. The summed E-state index contributed by atoms with van der Waals surface area (Å²) in [5, 5.41) is 6.68. The lowest BCUT2D eigenvalue weighted by atomic mass is 10.00. The van der Waals surface area contributed by atoms with Crippen molar-refractivity contribution in [3.63, 3.8) is 0 Å². The van der Waals surface area contributed by atoms with Crippen LogP contribution in [-0.4, -0.2) is 26.7 Å². The van der Waals surface area contributed by atoms with E-state index in [4.69, 9.17) is 4.74 Å².